The highest BCUT2D eigenvalue weighted by atomic mass is 79.9. The maximum atomic E-state index is 13.6. The Labute approximate surface area is 253 Å². The summed E-state index contributed by atoms with van der Waals surface area (Å²) in [4.78, 5) is 29.4. The Kier molecular flexibility index (Phi) is 9.25. The first-order chi connectivity index (χ1) is 19.3. The molecule has 0 radical (unpaired) electrons. The summed E-state index contributed by atoms with van der Waals surface area (Å²) >= 11 is 16.1. The van der Waals surface area contributed by atoms with Crippen LogP contribution in [0.25, 0.3) is 0 Å². The van der Waals surface area contributed by atoms with Gasteiger partial charge in [-0.2, -0.15) is 0 Å². The van der Waals surface area contributed by atoms with E-state index in [0.29, 0.717) is 45.5 Å². The Morgan fingerprint density at radius 1 is 0.950 bits per heavy atom. The molecular weight excluding hydrogens is 617 g/mol. The first kappa shape index (κ1) is 29.2. The summed E-state index contributed by atoms with van der Waals surface area (Å²) in [6, 6.07) is 9.12. The monoisotopic (exact) mass is 647 g/mol. The average molecular weight is 649 g/mol. The van der Waals surface area contributed by atoms with Crippen LogP contribution in [-0.4, -0.2) is 43.8 Å². The molecule has 0 saturated carbocycles. The van der Waals surface area contributed by atoms with Gasteiger partial charge >= 0.3 is 0 Å². The molecule has 0 aromatic heterocycles. The summed E-state index contributed by atoms with van der Waals surface area (Å²) < 4.78 is 17.9. The van der Waals surface area contributed by atoms with Gasteiger partial charge in [-0.1, -0.05) is 29.3 Å². The molecule has 0 N–H and O–H groups in total. The van der Waals surface area contributed by atoms with E-state index in [0.717, 1.165) is 72.3 Å². The molecule has 0 unspecified atom stereocenters. The number of halogens is 3. The van der Waals surface area contributed by atoms with Crippen molar-refractivity contribution in [3.05, 3.63) is 78.5 Å². The van der Waals surface area contributed by atoms with Crippen LogP contribution < -0.4 is 9.47 Å². The molecule has 9 heteroatoms. The van der Waals surface area contributed by atoms with Crippen LogP contribution in [0.1, 0.15) is 62.0 Å². The van der Waals surface area contributed by atoms with Gasteiger partial charge in [-0.3, -0.25) is 9.59 Å². The summed E-state index contributed by atoms with van der Waals surface area (Å²) in [6.07, 6.45) is 5.05. The fraction of sp³-hybridized carbons (Fsp3) is 0.419. The average Bonchev–Trinajstić information content (AvgIpc) is 2.93. The van der Waals surface area contributed by atoms with Crippen molar-refractivity contribution < 1.29 is 23.8 Å². The summed E-state index contributed by atoms with van der Waals surface area (Å²) in [5.41, 5.74) is 5.22. The summed E-state index contributed by atoms with van der Waals surface area (Å²) in [6.45, 7) is 1.57. The minimum Gasteiger partial charge on any atom is -0.493 e. The van der Waals surface area contributed by atoms with Gasteiger partial charge in [-0.05, 0) is 77.9 Å². The molecule has 2 aromatic rings. The molecule has 3 aliphatic rings. The fourth-order valence-corrected chi connectivity index (χ4v) is 7.06. The van der Waals surface area contributed by atoms with Crippen molar-refractivity contribution in [3.8, 4) is 11.5 Å². The Bertz CT molecular complexity index is 1360. The molecule has 0 saturated heterocycles. The lowest BCUT2D eigenvalue weighted by Crippen LogP contribution is -2.39. The van der Waals surface area contributed by atoms with E-state index < -0.39 is 5.92 Å². The predicted octanol–water partition coefficient (Wildman–Crippen LogP) is 7.79. The molecular formula is C31H32BrCl2NO5. The molecule has 212 valence electrons. The summed E-state index contributed by atoms with van der Waals surface area (Å²) in [5.74, 6) is 0.811. The molecule has 0 atom stereocenters. The van der Waals surface area contributed by atoms with Crippen molar-refractivity contribution in [1.82, 2.24) is 4.90 Å². The van der Waals surface area contributed by atoms with Gasteiger partial charge in [-0.25, -0.2) is 0 Å². The zero-order valence-corrected chi connectivity index (χ0v) is 25.8. The van der Waals surface area contributed by atoms with E-state index in [1.165, 1.54) is 0 Å². The lowest BCUT2D eigenvalue weighted by atomic mass is 9.71. The zero-order chi connectivity index (χ0) is 28.4. The van der Waals surface area contributed by atoms with Gasteiger partial charge < -0.3 is 19.1 Å². The van der Waals surface area contributed by atoms with Crippen LogP contribution in [-0.2, 0) is 20.9 Å². The lowest BCUT2D eigenvalue weighted by Gasteiger charge is -2.44. The van der Waals surface area contributed by atoms with Gasteiger partial charge in [0.2, 0.25) is 0 Å². The molecule has 0 spiro atoms. The van der Waals surface area contributed by atoms with Crippen molar-refractivity contribution in [3.63, 3.8) is 0 Å². The van der Waals surface area contributed by atoms with Gasteiger partial charge in [0, 0.05) is 77.2 Å². The van der Waals surface area contributed by atoms with E-state index in [1.807, 2.05) is 18.2 Å². The van der Waals surface area contributed by atoms with E-state index in [4.69, 9.17) is 37.4 Å². The number of ether oxygens (including phenoxy) is 3. The van der Waals surface area contributed by atoms with Gasteiger partial charge in [0.05, 0.1) is 11.6 Å². The quantitative estimate of drug-likeness (QED) is 0.259. The third-order valence-corrected chi connectivity index (χ3v) is 8.96. The minimum atomic E-state index is -0.436. The van der Waals surface area contributed by atoms with Crippen LogP contribution >= 0.6 is 39.1 Å². The maximum absolute atomic E-state index is 13.6. The SMILES string of the molecule is COCCCN1C2=C(C(=O)CCC2)C(c2cc(Br)c(OCc3ccc(Cl)cc3Cl)c(OC)c2)C2=C1CCCC2=O. The first-order valence-electron chi connectivity index (χ1n) is 13.6. The minimum absolute atomic E-state index is 0.112. The van der Waals surface area contributed by atoms with E-state index >= 15 is 0 Å². The number of ketones is 2. The van der Waals surface area contributed by atoms with Crippen molar-refractivity contribution in [2.45, 2.75) is 57.5 Å². The summed E-state index contributed by atoms with van der Waals surface area (Å²) in [5, 5.41) is 1.07. The number of carbonyl (C=O) groups is 2. The Balaban J connectivity index is 1.57. The van der Waals surface area contributed by atoms with Gasteiger partial charge in [0.1, 0.15) is 6.61 Å². The number of nitrogens with zero attached hydrogens (tertiary/aromatic N) is 1. The Hall–Kier alpha value is -2.32. The van der Waals surface area contributed by atoms with Crippen LogP contribution in [0.2, 0.25) is 10.0 Å². The zero-order valence-electron chi connectivity index (χ0n) is 22.7. The second-order valence-corrected chi connectivity index (χ2v) is 12.0. The van der Waals surface area contributed by atoms with E-state index in [1.54, 1.807) is 26.4 Å². The topological polar surface area (TPSA) is 65.1 Å². The number of rotatable bonds is 9. The smallest absolute Gasteiger partial charge is 0.175 e. The third kappa shape index (κ3) is 5.71. The number of hydrogen-bond acceptors (Lipinski definition) is 6. The molecule has 6 nitrogen and oxygen atoms in total. The molecule has 2 aliphatic carbocycles. The van der Waals surface area contributed by atoms with Crippen LogP contribution in [0, 0.1) is 0 Å². The summed E-state index contributed by atoms with van der Waals surface area (Å²) in [7, 11) is 3.28. The van der Waals surface area contributed by atoms with Gasteiger partial charge in [0.25, 0.3) is 0 Å². The van der Waals surface area contributed by atoms with Gasteiger partial charge in [0.15, 0.2) is 23.1 Å². The normalized spacial score (nSPS) is 17.8. The Morgan fingerprint density at radius 2 is 1.62 bits per heavy atom. The molecule has 1 heterocycles. The number of methoxy groups -OCH3 is 2. The standard InChI is InChI=1S/C31H32BrCl2NO5/c1-38-13-5-12-35-23-6-3-8-25(36)29(23)28(30-24(35)7-4-9-26(30)37)19-14-21(32)31(27(15-19)39-2)40-17-18-10-11-20(33)16-22(18)34/h10-11,14-16,28H,3-9,12-13,17H2,1-2H3. The van der Waals surface area contributed by atoms with E-state index in [9.17, 15) is 9.59 Å². The highest BCUT2D eigenvalue weighted by Crippen LogP contribution is 2.51. The largest absolute Gasteiger partial charge is 0.493 e. The molecule has 2 aromatic carbocycles. The van der Waals surface area contributed by atoms with Crippen LogP contribution in [0.4, 0.5) is 0 Å². The predicted molar refractivity (Wildman–Crippen MR) is 159 cm³/mol. The molecule has 0 fully saturated rings. The van der Waals surface area contributed by atoms with Crippen molar-refractivity contribution in [1.29, 1.82) is 0 Å². The van der Waals surface area contributed by atoms with Crippen LogP contribution in [0.15, 0.2) is 57.3 Å². The lowest BCUT2D eigenvalue weighted by molar-refractivity contribution is -0.117. The Morgan fingerprint density at radius 3 is 2.23 bits per heavy atom. The highest BCUT2D eigenvalue weighted by Gasteiger charge is 2.43. The van der Waals surface area contributed by atoms with Crippen LogP contribution in [0.5, 0.6) is 11.5 Å². The number of carbonyl (C=O) groups excluding carboxylic acids is 2. The molecule has 0 bridgehead atoms. The highest BCUT2D eigenvalue weighted by molar-refractivity contribution is 9.10. The second kappa shape index (κ2) is 12.7. The number of benzene rings is 2. The second-order valence-electron chi connectivity index (χ2n) is 10.3. The third-order valence-electron chi connectivity index (χ3n) is 7.79. The number of allylic oxidation sites excluding steroid dienone is 4. The van der Waals surface area contributed by atoms with Crippen molar-refractivity contribution in [2.24, 2.45) is 0 Å². The van der Waals surface area contributed by atoms with E-state index in [2.05, 4.69) is 20.8 Å². The van der Waals surface area contributed by atoms with Crippen LogP contribution in [0.3, 0.4) is 0 Å². The van der Waals surface area contributed by atoms with Gasteiger partial charge in [-0.15, -0.1) is 0 Å². The van der Waals surface area contributed by atoms with Crippen molar-refractivity contribution >= 4 is 50.7 Å². The molecule has 0 amide bonds. The first-order valence-corrected chi connectivity index (χ1v) is 15.1. The molecule has 40 heavy (non-hydrogen) atoms. The fourth-order valence-electron chi connectivity index (χ4n) is 6.02. The number of Topliss-reactive ketones (excluding diaryl/α,β-unsaturated/α-hetero) is 2. The molecule has 1 aliphatic heterocycles. The van der Waals surface area contributed by atoms with E-state index in [-0.39, 0.29) is 18.2 Å². The maximum Gasteiger partial charge on any atom is 0.175 e. The van der Waals surface area contributed by atoms with Crippen molar-refractivity contribution in [2.75, 3.05) is 27.4 Å². The molecule has 5 rings (SSSR count). The number of hydrogen-bond donors (Lipinski definition) is 0.